The molecule has 2 fully saturated rings. The number of nitrogens with zero attached hydrogens (tertiary/aromatic N) is 2. The van der Waals surface area contributed by atoms with Gasteiger partial charge in [0.2, 0.25) is 0 Å². The fraction of sp³-hybridized carbons (Fsp3) is 0.588. The average Bonchev–Trinajstić information content (AvgIpc) is 3.30. The van der Waals surface area contributed by atoms with Crippen LogP contribution in [-0.4, -0.2) is 45.4 Å². The number of carbonyl (C=O) groups is 3. The maximum Gasteiger partial charge on any atom is 0.406 e. The van der Waals surface area contributed by atoms with Gasteiger partial charge < -0.3 is 9.88 Å². The van der Waals surface area contributed by atoms with Crippen molar-refractivity contribution < 1.29 is 27.6 Å². The number of amides is 3. The third kappa shape index (κ3) is 3.10. The molecule has 0 aromatic carbocycles. The van der Waals surface area contributed by atoms with Crippen LogP contribution in [-0.2, 0) is 11.3 Å². The van der Waals surface area contributed by atoms with Gasteiger partial charge in [-0.25, -0.2) is 4.79 Å². The Bertz CT molecular complexity index is 795. The molecular formula is C17H20F3N3O3. The first-order valence-corrected chi connectivity index (χ1v) is 8.35. The van der Waals surface area contributed by atoms with Gasteiger partial charge in [0.1, 0.15) is 12.1 Å². The van der Waals surface area contributed by atoms with Crippen molar-refractivity contribution in [2.24, 2.45) is 5.92 Å². The summed E-state index contributed by atoms with van der Waals surface area (Å²) in [7, 11) is 0. The molecule has 1 aromatic rings. The Morgan fingerprint density at radius 2 is 1.92 bits per heavy atom. The monoisotopic (exact) mass is 371 g/mol. The lowest BCUT2D eigenvalue weighted by Gasteiger charge is -2.20. The zero-order valence-electron chi connectivity index (χ0n) is 14.7. The summed E-state index contributed by atoms with van der Waals surface area (Å²) in [6.07, 6.45) is -2.74. The maximum absolute atomic E-state index is 12.7. The molecule has 3 amide bonds. The quantitative estimate of drug-likeness (QED) is 0.639. The normalized spacial score (nSPS) is 23.5. The molecule has 1 saturated heterocycles. The predicted octanol–water partition coefficient (Wildman–Crippen LogP) is 2.57. The topological polar surface area (TPSA) is 71.4 Å². The number of halogens is 3. The van der Waals surface area contributed by atoms with Gasteiger partial charge in [-0.2, -0.15) is 13.2 Å². The molecule has 1 aliphatic heterocycles. The van der Waals surface area contributed by atoms with E-state index in [0.717, 1.165) is 22.3 Å². The summed E-state index contributed by atoms with van der Waals surface area (Å²) < 4.78 is 39.1. The van der Waals surface area contributed by atoms with E-state index in [2.05, 4.69) is 5.32 Å². The third-order valence-electron chi connectivity index (χ3n) is 5.21. The number of ketones is 1. The first kappa shape index (κ1) is 18.5. The molecule has 0 radical (unpaired) electrons. The van der Waals surface area contributed by atoms with E-state index in [1.807, 2.05) is 0 Å². The van der Waals surface area contributed by atoms with E-state index < -0.39 is 42.5 Å². The lowest BCUT2D eigenvalue weighted by atomic mass is 9.96. The number of rotatable bonds is 5. The Hall–Kier alpha value is -2.32. The van der Waals surface area contributed by atoms with Crippen LogP contribution in [0.15, 0.2) is 6.07 Å². The summed E-state index contributed by atoms with van der Waals surface area (Å²) in [6, 6.07) is 0.726. The van der Waals surface area contributed by atoms with Crippen LogP contribution < -0.4 is 5.32 Å². The highest BCUT2D eigenvalue weighted by atomic mass is 19.4. The van der Waals surface area contributed by atoms with Crippen molar-refractivity contribution in [3.63, 3.8) is 0 Å². The zero-order valence-corrected chi connectivity index (χ0v) is 14.7. The van der Waals surface area contributed by atoms with Crippen LogP contribution in [0.1, 0.15) is 41.5 Å². The van der Waals surface area contributed by atoms with Crippen molar-refractivity contribution in [2.45, 2.75) is 51.9 Å². The lowest BCUT2D eigenvalue weighted by molar-refractivity contribution is -0.141. The van der Waals surface area contributed by atoms with E-state index in [-0.39, 0.29) is 17.2 Å². The molecule has 1 saturated carbocycles. The summed E-state index contributed by atoms with van der Waals surface area (Å²) in [4.78, 5) is 38.1. The molecule has 9 heteroatoms. The largest absolute Gasteiger partial charge is 0.406 e. The van der Waals surface area contributed by atoms with Crippen molar-refractivity contribution in [1.82, 2.24) is 14.8 Å². The molecule has 0 bridgehead atoms. The number of nitrogens with one attached hydrogen (secondary N) is 1. The van der Waals surface area contributed by atoms with Crippen molar-refractivity contribution >= 4 is 17.7 Å². The van der Waals surface area contributed by atoms with Crippen molar-refractivity contribution in [3.8, 4) is 0 Å². The van der Waals surface area contributed by atoms with E-state index in [4.69, 9.17) is 0 Å². The Balaban J connectivity index is 1.80. The van der Waals surface area contributed by atoms with Gasteiger partial charge in [-0.05, 0) is 45.6 Å². The predicted molar refractivity (Wildman–Crippen MR) is 85.7 cm³/mol. The number of urea groups is 1. The molecule has 6 nitrogen and oxygen atoms in total. The van der Waals surface area contributed by atoms with Gasteiger partial charge in [0.15, 0.2) is 5.78 Å². The second kappa shape index (κ2) is 5.85. The molecule has 2 aliphatic rings. The number of imide groups is 1. The molecular weight excluding hydrogens is 351 g/mol. The van der Waals surface area contributed by atoms with Crippen LogP contribution in [0.3, 0.4) is 0 Å². The van der Waals surface area contributed by atoms with Crippen LogP contribution in [0.2, 0.25) is 0 Å². The molecule has 1 N–H and O–H groups in total. The molecule has 1 atom stereocenters. The molecule has 0 spiro atoms. The standard InChI is InChI=1S/C17H20F3N3O3/c1-9-6-12(10(2)23(9)8-17(18,19)20)13(24)7-22-14(25)16(3,11-4-5-11)21-15(22)26/h6,11H,4-5,7-8H2,1-3H3,(H,21,26)/t16-/m1/s1. The molecule has 142 valence electrons. The lowest BCUT2D eigenvalue weighted by Crippen LogP contribution is -2.46. The average molecular weight is 371 g/mol. The minimum Gasteiger partial charge on any atom is -0.339 e. The highest BCUT2D eigenvalue weighted by Crippen LogP contribution is 2.42. The smallest absolute Gasteiger partial charge is 0.339 e. The molecule has 1 aliphatic carbocycles. The number of hydrogen-bond acceptors (Lipinski definition) is 3. The van der Waals surface area contributed by atoms with Gasteiger partial charge in [0, 0.05) is 17.0 Å². The Labute approximate surface area is 148 Å². The number of hydrogen-bond donors (Lipinski definition) is 1. The van der Waals surface area contributed by atoms with E-state index in [1.54, 1.807) is 6.92 Å². The van der Waals surface area contributed by atoms with Crippen LogP contribution in [0.4, 0.5) is 18.0 Å². The van der Waals surface area contributed by atoms with E-state index in [9.17, 15) is 27.6 Å². The molecule has 26 heavy (non-hydrogen) atoms. The minimum absolute atomic E-state index is 0.0656. The zero-order chi connectivity index (χ0) is 19.4. The minimum atomic E-state index is -4.41. The maximum atomic E-state index is 12.7. The SMILES string of the molecule is Cc1cc(C(=O)CN2C(=O)N[C@](C)(C3CC3)C2=O)c(C)n1CC(F)(F)F. The number of alkyl halides is 3. The third-order valence-corrected chi connectivity index (χ3v) is 5.21. The number of aromatic nitrogens is 1. The van der Waals surface area contributed by atoms with E-state index >= 15 is 0 Å². The molecule has 3 rings (SSSR count). The summed E-state index contributed by atoms with van der Waals surface area (Å²) in [5.41, 5.74) is -0.442. The van der Waals surface area contributed by atoms with Crippen molar-refractivity contribution in [1.29, 1.82) is 0 Å². The second-order valence-electron chi connectivity index (χ2n) is 7.21. The van der Waals surface area contributed by atoms with E-state index in [0.29, 0.717) is 5.69 Å². The number of carbonyl (C=O) groups excluding carboxylic acids is 3. The Morgan fingerprint density at radius 1 is 1.31 bits per heavy atom. The number of aryl methyl sites for hydroxylation is 1. The van der Waals surface area contributed by atoms with Gasteiger partial charge in [-0.3, -0.25) is 14.5 Å². The van der Waals surface area contributed by atoms with Gasteiger partial charge in [0.05, 0.1) is 6.54 Å². The van der Waals surface area contributed by atoms with E-state index in [1.165, 1.54) is 19.9 Å². The summed E-state index contributed by atoms with van der Waals surface area (Å²) in [5.74, 6) is -0.951. The Morgan fingerprint density at radius 3 is 2.46 bits per heavy atom. The highest BCUT2D eigenvalue weighted by Gasteiger charge is 2.56. The van der Waals surface area contributed by atoms with Gasteiger partial charge >= 0.3 is 12.2 Å². The molecule has 0 unspecified atom stereocenters. The first-order chi connectivity index (χ1) is 11.9. The van der Waals surface area contributed by atoms with Gasteiger partial charge in [0.25, 0.3) is 5.91 Å². The van der Waals surface area contributed by atoms with Crippen molar-refractivity contribution in [2.75, 3.05) is 6.54 Å². The van der Waals surface area contributed by atoms with Gasteiger partial charge in [-0.1, -0.05) is 0 Å². The van der Waals surface area contributed by atoms with Crippen LogP contribution in [0.25, 0.3) is 0 Å². The van der Waals surface area contributed by atoms with Crippen LogP contribution in [0, 0.1) is 19.8 Å². The fourth-order valence-corrected chi connectivity index (χ4v) is 3.53. The fourth-order valence-electron chi connectivity index (χ4n) is 3.53. The first-order valence-electron chi connectivity index (χ1n) is 8.35. The van der Waals surface area contributed by atoms with Gasteiger partial charge in [-0.15, -0.1) is 0 Å². The van der Waals surface area contributed by atoms with Crippen LogP contribution >= 0.6 is 0 Å². The highest BCUT2D eigenvalue weighted by molar-refractivity contribution is 6.11. The summed E-state index contributed by atoms with van der Waals surface area (Å²) in [6.45, 7) is 2.87. The Kier molecular flexibility index (Phi) is 4.16. The van der Waals surface area contributed by atoms with Crippen molar-refractivity contribution in [3.05, 3.63) is 23.0 Å². The summed E-state index contributed by atoms with van der Waals surface area (Å²) in [5, 5.41) is 2.64. The summed E-state index contributed by atoms with van der Waals surface area (Å²) >= 11 is 0. The molecule has 1 aromatic heterocycles. The van der Waals surface area contributed by atoms with Crippen LogP contribution in [0.5, 0.6) is 0 Å². The second-order valence-corrected chi connectivity index (χ2v) is 7.21. The number of Topliss-reactive ketones (excluding diaryl/α,β-unsaturated/α-hetero) is 1. The molecule has 2 heterocycles.